The molecule has 0 spiro atoms. The summed E-state index contributed by atoms with van der Waals surface area (Å²) in [5.74, 6) is 8.67. The number of nitrogens with one attached hydrogen (secondary N) is 1. The number of hydrogen-bond acceptors (Lipinski definition) is 5. The monoisotopic (exact) mass is 256 g/mol. The van der Waals surface area contributed by atoms with E-state index in [9.17, 15) is 0 Å². The van der Waals surface area contributed by atoms with Crippen LogP contribution in [0.15, 0.2) is 12.4 Å². The molecule has 2 heterocycles. The molecule has 0 aliphatic carbocycles. The van der Waals surface area contributed by atoms with Gasteiger partial charge in [-0.3, -0.25) is 5.84 Å². The number of nitrogens with two attached hydrogens (primary N) is 1. The third-order valence-corrected chi connectivity index (χ3v) is 3.90. The lowest BCUT2D eigenvalue weighted by Gasteiger charge is -2.29. The van der Waals surface area contributed by atoms with Gasteiger partial charge in [0.25, 0.3) is 0 Å². The number of ether oxygens (including phenoxy) is 1. The second-order valence-corrected chi connectivity index (χ2v) is 5.26. The molecule has 0 aromatic carbocycles. The Morgan fingerprint density at radius 3 is 3.29 bits per heavy atom. The SMILES string of the molecule is CCCn1ccnc1C(NN)C1CSCCO1. The Morgan fingerprint density at radius 1 is 1.76 bits per heavy atom. The van der Waals surface area contributed by atoms with E-state index < -0.39 is 0 Å². The van der Waals surface area contributed by atoms with Gasteiger partial charge in [0.1, 0.15) is 11.9 Å². The molecule has 0 bridgehead atoms. The molecule has 1 fully saturated rings. The van der Waals surface area contributed by atoms with Crippen LogP contribution in [-0.2, 0) is 11.3 Å². The molecule has 96 valence electrons. The lowest BCUT2D eigenvalue weighted by Crippen LogP contribution is -2.42. The van der Waals surface area contributed by atoms with Gasteiger partial charge < -0.3 is 9.30 Å². The molecule has 1 aliphatic rings. The second-order valence-electron chi connectivity index (χ2n) is 4.11. The van der Waals surface area contributed by atoms with Crippen LogP contribution in [0.3, 0.4) is 0 Å². The van der Waals surface area contributed by atoms with E-state index >= 15 is 0 Å². The van der Waals surface area contributed by atoms with Crippen LogP contribution in [0.5, 0.6) is 0 Å². The highest BCUT2D eigenvalue weighted by molar-refractivity contribution is 7.99. The van der Waals surface area contributed by atoms with Crippen LogP contribution in [0.1, 0.15) is 25.2 Å². The maximum absolute atomic E-state index is 5.77. The van der Waals surface area contributed by atoms with Crippen molar-refractivity contribution in [2.24, 2.45) is 5.84 Å². The Labute approximate surface area is 106 Å². The van der Waals surface area contributed by atoms with Crippen LogP contribution in [0, 0.1) is 0 Å². The van der Waals surface area contributed by atoms with Crippen molar-refractivity contribution in [2.75, 3.05) is 18.1 Å². The van der Waals surface area contributed by atoms with Crippen LogP contribution >= 0.6 is 11.8 Å². The first-order valence-electron chi connectivity index (χ1n) is 6.03. The number of rotatable bonds is 5. The van der Waals surface area contributed by atoms with Crippen molar-refractivity contribution in [3.63, 3.8) is 0 Å². The fourth-order valence-corrected chi connectivity index (χ4v) is 2.98. The summed E-state index contributed by atoms with van der Waals surface area (Å²) in [7, 11) is 0. The maximum atomic E-state index is 5.77. The van der Waals surface area contributed by atoms with Crippen LogP contribution in [-0.4, -0.2) is 33.8 Å². The van der Waals surface area contributed by atoms with Gasteiger partial charge in [-0.1, -0.05) is 6.92 Å². The van der Waals surface area contributed by atoms with Crippen molar-refractivity contribution in [1.29, 1.82) is 0 Å². The summed E-state index contributed by atoms with van der Waals surface area (Å²) in [4.78, 5) is 4.41. The highest BCUT2D eigenvalue weighted by Crippen LogP contribution is 2.24. The Morgan fingerprint density at radius 2 is 2.65 bits per heavy atom. The fourth-order valence-electron chi connectivity index (χ4n) is 2.08. The van der Waals surface area contributed by atoms with E-state index in [0.717, 1.165) is 36.9 Å². The smallest absolute Gasteiger partial charge is 0.129 e. The first-order chi connectivity index (χ1) is 8.36. The Kier molecular flexibility index (Phi) is 4.85. The topological polar surface area (TPSA) is 65.1 Å². The van der Waals surface area contributed by atoms with Crippen molar-refractivity contribution in [3.05, 3.63) is 18.2 Å². The average Bonchev–Trinajstić information content (AvgIpc) is 2.81. The van der Waals surface area contributed by atoms with Crippen molar-refractivity contribution in [2.45, 2.75) is 32.0 Å². The summed E-state index contributed by atoms with van der Waals surface area (Å²) in [6.45, 7) is 3.91. The number of nitrogens with zero attached hydrogens (tertiary/aromatic N) is 2. The third-order valence-electron chi connectivity index (χ3n) is 2.88. The Bertz CT molecular complexity index is 338. The lowest BCUT2D eigenvalue weighted by molar-refractivity contribution is 0.0435. The molecule has 2 rings (SSSR count). The molecular weight excluding hydrogens is 236 g/mol. The minimum absolute atomic E-state index is 0.0238. The van der Waals surface area contributed by atoms with Gasteiger partial charge in [-0.25, -0.2) is 10.4 Å². The average molecular weight is 256 g/mol. The highest BCUT2D eigenvalue weighted by Gasteiger charge is 2.28. The number of thioether (sulfide) groups is 1. The molecule has 0 radical (unpaired) electrons. The summed E-state index contributed by atoms with van der Waals surface area (Å²) < 4.78 is 7.92. The number of aryl methyl sites for hydroxylation is 1. The van der Waals surface area contributed by atoms with E-state index in [2.05, 4.69) is 21.9 Å². The maximum Gasteiger partial charge on any atom is 0.129 e. The summed E-state index contributed by atoms with van der Waals surface area (Å²) >= 11 is 1.91. The molecule has 1 aliphatic heterocycles. The predicted molar refractivity (Wildman–Crippen MR) is 69.6 cm³/mol. The van der Waals surface area contributed by atoms with E-state index in [1.54, 1.807) is 0 Å². The van der Waals surface area contributed by atoms with Crippen LogP contribution < -0.4 is 11.3 Å². The molecule has 2 atom stereocenters. The van der Waals surface area contributed by atoms with Gasteiger partial charge in [0.2, 0.25) is 0 Å². The first-order valence-corrected chi connectivity index (χ1v) is 7.18. The molecule has 3 N–H and O–H groups in total. The Balaban J connectivity index is 2.12. The largest absolute Gasteiger partial charge is 0.374 e. The molecular formula is C11H20N4OS. The molecule has 6 heteroatoms. The van der Waals surface area contributed by atoms with E-state index in [0.29, 0.717) is 0 Å². The normalized spacial score (nSPS) is 22.6. The van der Waals surface area contributed by atoms with E-state index in [4.69, 9.17) is 10.6 Å². The molecule has 5 nitrogen and oxygen atoms in total. The summed E-state index contributed by atoms with van der Waals surface area (Å²) in [6, 6.07) is -0.0238. The first kappa shape index (κ1) is 12.9. The number of imidazole rings is 1. The zero-order chi connectivity index (χ0) is 12.1. The third kappa shape index (κ3) is 3.01. The predicted octanol–water partition coefficient (Wildman–Crippen LogP) is 0.929. The molecule has 0 saturated carbocycles. The summed E-state index contributed by atoms with van der Waals surface area (Å²) in [5, 5.41) is 0. The van der Waals surface area contributed by atoms with Crippen molar-refractivity contribution in [3.8, 4) is 0 Å². The molecule has 1 saturated heterocycles. The molecule has 2 unspecified atom stereocenters. The van der Waals surface area contributed by atoms with E-state index in [1.165, 1.54) is 0 Å². The fraction of sp³-hybridized carbons (Fsp3) is 0.727. The van der Waals surface area contributed by atoms with E-state index in [-0.39, 0.29) is 12.1 Å². The lowest BCUT2D eigenvalue weighted by atomic mass is 10.1. The summed E-state index contributed by atoms with van der Waals surface area (Å²) in [6.07, 6.45) is 5.02. The number of hydrazine groups is 1. The molecule has 17 heavy (non-hydrogen) atoms. The van der Waals surface area contributed by atoms with Crippen molar-refractivity contribution >= 4 is 11.8 Å². The van der Waals surface area contributed by atoms with Gasteiger partial charge in [0.15, 0.2) is 0 Å². The van der Waals surface area contributed by atoms with Crippen molar-refractivity contribution < 1.29 is 4.74 Å². The van der Waals surface area contributed by atoms with Crippen LogP contribution in [0.25, 0.3) is 0 Å². The summed E-state index contributed by atoms with van der Waals surface area (Å²) in [5.41, 5.74) is 2.85. The highest BCUT2D eigenvalue weighted by atomic mass is 32.2. The second kappa shape index (κ2) is 6.39. The van der Waals surface area contributed by atoms with Crippen LogP contribution in [0.4, 0.5) is 0 Å². The van der Waals surface area contributed by atoms with Gasteiger partial charge in [-0.15, -0.1) is 0 Å². The number of aromatic nitrogens is 2. The van der Waals surface area contributed by atoms with Gasteiger partial charge in [-0.05, 0) is 6.42 Å². The minimum Gasteiger partial charge on any atom is -0.374 e. The van der Waals surface area contributed by atoms with Gasteiger partial charge in [-0.2, -0.15) is 11.8 Å². The zero-order valence-electron chi connectivity index (χ0n) is 10.1. The van der Waals surface area contributed by atoms with Crippen molar-refractivity contribution in [1.82, 2.24) is 15.0 Å². The van der Waals surface area contributed by atoms with Gasteiger partial charge >= 0.3 is 0 Å². The number of hydrogen-bond donors (Lipinski definition) is 2. The van der Waals surface area contributed by atoms with Crippen LogP contribution in [0.2, 0.25) is 0 Å². The van der Waals surface area contributed by atoms with E-state index in [1.807, 2.05) is 24.2 Å². The Hall–Kier alpha value is -0.560. The molecule has 0 amide bonds. The zero-order valence-corrected chi connectivity index (χ0v) is 10.9. The standard InChI is InChI=1S/C11H20N4OS/c1-2-4-15-5-3-13-11(15)10(14-12)9-8-17-7-6-16-9/h3,5,9-10,14H,2,4,6-8,12H2,1H3. The quantitative estimate of drug-likeness (QED) is 0.606. The van der Waals surface area contributed by atoms with Gasteiger partial charge in [0.05, 0.1) is 12.7 Å². The molecule has 1 aromatic heterocycles. The molecule has 1 aromatic rings. The minimum atomic E-state index is -0.0238. The van der Waals surface area contributed by atoms with Gasteiger partial charge in [0, 0.05) is 30.4 Å².